The van der Waals surface area contributed by atoms with Crippen LogP contribution in [0, 0.1) is 5.82 Å². The van der Waals surface area contributed by atoms with Gasteiger partial charge in [-0.2, -0.15) is 13.2 Å². The molecule has 0 spiro atoms. The summed E-state index contributed by atoms with van der Waals surface area (Å²) >= 11 is 6.04. The van der Waals surface area contributed by atoms with E-state index in [1.807, 2.05) is 0 Å². The van der Waals surface area contributed by atoms with E-state index in [-0.39, 0.29) is 27.3 Å². The molecule has 0 unspecified atom stereocenters. The minimum Gasteiger partial charge on any atom is -0.484 e. The molecule has 0 saturated carbocycles. The number of hydrogen-bond acceptors (Lipinski definition) is 4. The first-order chi connectivity index (χ1) is 16.1. The summed E-state index contributed by atoms with van der Waals surface area (Å²) in [4.78, 5) is 25.0. The number of halogens is 5. The number of carbonyl (C=O) groups excluding carboxylic acids is 1. The number of anilines is 1. The third-order valence-electron chi connectivity index (χ3n) is 4.76. The normalized spacial score (nSPS) is 11.4. The molecule has 0 fully saturated rings. The minimum atomic E-state index is -4.98. The van der Waals surface area contributed by atoms with Crippen LogP contribution in [0.5, 0.6) is 5.75 Å². The van der Waals surface area contributed by atoms with Crippen molar-refractivity contribution in [2.45, 2.75) is 6.18 Å². The van der Waals surface area contributed by atoms with Crippen LogP contribution >= 0.6 is 11.6 Å². The van der Waals surface area contributed by atoms with Crippen molar-refractivity contribution >= 4 is 34.2 Å². The van der Waals surface area contributed by atoms with Gasteiger partial charge in [0.2, 0.25) is 11.2 Å². The van der Waals surface area contributed by atoms with E-state index < -0.39 is 41.3 Å². The van der Waals surface area contributed by atoms with Crippen molar-refractivity contribution in [3.63, 3.8) is 0 Å². The molecule has 3 aromatic carbocycles. The lowest BCUT2D eigenvalue weighted by atomic mass is 10.0. The molecule has 1 heterocycles. The van der Waals surface area contributed by atoms with Crippen molar-refractivity contribution in [2.75, 3.05) is 11.9 Å². The number of rotatable bonds is 5. The van der Waals surface area contributed by atoms with Gasteiger partial charge in [0.1, 0.15) is 17.1 Å². The van der Waals surface area contributed by atoms with E-state index >= 15 is 0 Å². The topological polar surface area (TPSA) is 68.5 Å². The molecule has 1 amide bonds. The van der Waals surface area contributed by atoms with Gasteiger partial charge in [-0.05, 0) is 42.5 Å². The Balaban J connectivity index is 1.65. The Morgan fingerprint density at radius 1 is 1.03 bits per heavy atom. The Labute approximate surface area is 194 Å². The molecule has 0 aliphatic rings. The van der Waals surface area contributed by atoms with Crippen LogP contribution in [0.3, 0.4) is 0 Å². The van der Waals surface area contributed by atoms with E-state index in [1.54, 1.807) is 0 Å². The maximum Gasteiger partial charge on any atom is 0.450 e. The number of ether oxygens (including phenoxy) is 1. The number of benzene rings is 3. The first kappa shape index (κ1) is 23.3. The molecule has 0 aliphatic carbocycles. The molecule has 0 atom stereocenters. The second-order valence-corrected chi connectivity index (χ2v) is 7.52. The van der Waals surface area contributed by atoms with Crippen molar-refractivity contribution in [1.29, 1.82) is 0 Å². The molecular formula is C24H14ClF4NO4. The summed E-state index contributed by atoms with van der Waals surface area (Å²) in [5.41, 5.74) is -1.75. The van der Waals surface area contributed by atoms with Crippen molar-refractivity contribution in [3.05, 3.63) is 93.6 Å². The van der Waals surface area contributed by atoms with E-state index in [1.165, 1.54) is 48.5 Å². The largest absolute Gasteiger partial charge is 0.484 e. The Hall–Kier alpha value is -3.85. The lowest BCUT2D eigenvalue weighted by molar-refractivity contribution is -0.152. The number of alkyl halides is 3. The lowest BCUT2D eigenvalue weighted by Crippen LogP contribution is -2.20. The van der Waals surface area contributed by atoms with Crippen molar-refractivity contribution in [1.82, 2.24) is 0 Å². The van der Waals surface area contributed by atoms with Crippen LogP contribution in [0.1, 0.15) is 5.76 Å². The monoisotopic (exact) mass is 491 g/mol. The van der Waals surface area contributed by atoms with E-state index in [9.17, 15) is 27.2 Å². The zero-order valence-electron chi connectivity index (χ0n) is 17.1. The number of carbonyl (C=O) groups is 1. The first-order valence-electron chi connectivity index (χ1n) is 9.74. The lowest BCUT2D eigenvalue weighted by Gasteiger charge is -2.14. The Morgan fingerprint density at radius 3 is 2.41 bits per heavy atom. The third-order valence-corrected chi connectivity index (χ3v) is 5.09. The first-order valence-corrected chi connectivity index (χ1v) is 10.1. The molecular weight excluding hydrogens is 478 g/mol. The van der Waals surface area contributed by atoms with Crippen molar-refractivity contribution in [2.24, 2.45) is 0 Å². The highest BCUT2D eigenvalue weighted by Gasteiger charge is 2.39. The van der Waals surface area contributed by atoms with E-state index in [0.717, 1.165) is 18.2 Å². The maximum atomic E-state index is 13.8. The van der Waals surface area contributed by atoms with Gasteiger partial charge >= 0.3 is 6.18 Å². The summed E-state index contributed by atoms with van der Waals surface area (Å²) in [5.74, 6) is -2.55. The molecule has 34 heavy (non-hydrogen) atoms. The predicted octanol–water partition coefficient (Wildman–Crippen LogP) is 6.29. The molecule has 10 heteroatoms. The number of fused-ring (bicyclic) bond motifs is 1. The summed E-state index contributed by atoms with van der Waals surface area (Å²) in [7, 11) is 0. The summed E-state index contributed by atoms with van der Waals surface area (Å²) < 4.78 is 64.7. The molecule has 0 aliphatic heterocycles. The van der Waals surface area contributed by atoms with Crippen molar-refractivity contribution < 1.29 is 31.5 Å². The van der Waals surface area contributed by atoms with Gasteiger partial charge in [0, 0.05) is 22.3 Å². The summed E-state index contributed by atoms with van der Waals surface area (Å²) in [6, 6.07) is 14.3. The van der Waals surface area contributed by atoms with Gasteiger partial charge in [-0.1, -0.05) is 29.8 Å². The molecule has 0 bridgehead atoms. The number of amides is 1. The van der Waals surface area contributed by atoms with Crippen LogP contribution in [0.25, 0.3) is 22.1 Å². The summed E-state index contributed by atoms with van der Waals surface area (Å²) in [6.45, 7) is -0.489. The molecule has 174 valence electrons. The predicted molar refractivity (Wildman–Crippen MR) is 118 cm³/mol. The van der Waals surface area contributed by atoms with Crippen LogP contribution in [0.15, 0.2) is 75.9 Å². The minimum absolute atomic E-state index is 0.00326. The zero-order valence-corrected chi connectivity index (χ0v) is 17.8. The third kappa shape index (κ3) is 4.89. The van der Waals surface area contributed by atoms with Gasteiger partial charge in [0.15, 0.2) is 6.61 Å². The number of nitrogens with one attached hydrogen (secondary N) is 1. The molecule has 5 nitrogen and oxygen atoms in total. The molecule has 0 radical (unpaired) electrons. The van der Waals surface area contributed by atoms with Crippen LogP contribution in [0.2, 0.25) is 5.02 Å². The van der Waals surface area contributed by atoms with E-state index in [0.29, 0.717) is 5.69 Å². The highest BCUT2D eigenvalue weighted by atomic mass is 35.5. The van der Waals surface area contributed by atoms with Gasteiger partial charge < -0.3 is 14.5 Å². The van der Waals surface area contributed by atoms with Crippen LogP contribution < -0.4 is 15.5 Å². The van der Waals surface area contributed by atoms with Gasteiger partial charge in [-0.3, -0.25) is 9.59 Å². The standard InChI is InChI=1S/C24H14ClF4NO4/c25-18-4-2-1-3-16(18)21-22(32)17-10-9-15(11-19(17)34-23(21)24(27,28)29)33-12-20(31)30-14-7-5-13(26)6-8-14/h1-11H,12H2,(H,30,31). The highest BCUT2D eigenvalue weighted by Crippen LogP contribution is 2.39. The fourth-order valence-electron chi connectivity index (χ4n) is 3.25. The quantitative estimate of drug-likeness (QED) is 0.333. The Bertz CT molecular complexity index is 1430. The van der Waals surface area contributed by atoms with Crippen molar-refractivity contribution in [3.8, 4) is 16.9 Å². The SMILES string of the molecule is O=C(COc1ccc2c(=O)c(-c3ccccc3Cl)c(C(F)(F)F)oc2c1)Nc1ccc(F)cc1. The second kappa shape index (κ2) is 9.18. The maximum absolute atomic E-state index is 13.8. The second-order valence-electron chi connectivity index (χ2n) is 7.11. The summed E-state index contributed by atoms with van der Waals surface area (Å²) in [5, 5.41) is 2.33. The van der Waals surface area contributed by atoms with Gasteiger partial charge in [0.25, 0.3) is 5.91 Å². The van der Waals surface area contributed by atoms with Crippen LogP contribution in [-0.4, -0.2) is 12.5 Å². The highest BCUT2D eigenvalue weighted by molar-refractivity contribution is 6.33. The molecule has 0 saturated heterocycles. The molecule has 4 aromatic rings. The van der Waals surface area contributed by atoms with E-state index in [4.69, 9.17) is 20.8 Å². The van der Waals surface area contributed by atoms with Crippen LogP contribution in [0.4, 0.5) is 23.2 Å². The smallest absolute Gasteiger partial charge is 0.450 e. The zero-order chi connectivity index (χ0) is 24.5. The van der Waals surface area contributed by atoms with Gasteiger partial charge in [0.05, 0.1) is 10.9 Å². The average molecular weight is 492 g/mol. The molecule has 1 N–H and O–H groups in total. The summed E-state index contributed by atoms with van der Waals surface area (Å²) in [6.07, 6.45) is -4.98. The average Bonchev–Trinajstić information content (AvgIpc) is 2.79. The van der Waals surface area contributed by atoms with E-state index in [2.05, 4.69) is 5.32 Å². The van der Waals surface area contributed by atoms with Gasteiger partial charge in [-0.15, -0.1) is 0 Å². The fourth-order valence-corrected chi connectivity index (χ4v) is 3.48. The van der Waals surface area contributed by atoms with Crippen LogP contribution in [-0.2, 0) is 11.0 Å². The number of hydrogen-bond donors (Lipinski definition) is 1. The van der Waals surface area contributed by atoms with Gasteiger partial charge in [-0.25, -0.2) is 4.39 Å². The Kier molecular flexibility index (Phi) is 6.30. The molecule has 1 aromatic heterocycles. The Morgan fingerprint density at radius 2 is 1.74 bits per heavy atom. The fraction of sp³-hybridized carbons (Fsp3) is 0.0833. The molecule has 4 rings (SSSR count).